The Kier molecular flexibility index (Phi) is 63.1. The largest absolute Gasteiger partial charge is 0.472 e. The Bertz CT molecular complexity index is 1850. The minimum atomic E-state index is -4.96. The van der Waals surface area contributed by atoms with Gasteiger partial charge in [-0.1, -0.05) is 325 Å². The quantitative estimate of drug-likeness (QED) is 0.0222. The summed E-state index contributed by atoms with van der Waals surface area (Å²) in [6.07, 6.45) is 48.6. The molecular weight excluding hydrogens is 1230 g/mol. The predicted octanol–water partition coefficient (Wildman–Crippen LogP) is 21.7. The number of rotatable bonds is 72. The summed E-state index contributed by atoms with van der Waals surface area (Å²) in [5.74, 6) is 0.925. The first-order valence-electron chi connectivity index (χ1n) is 38.7. The third kappa shape index (κ3) is 67.3. The maximum Gasteiger partial charge on any atom is 0.472 e. The van der Waals surface area contributed by atoms with Gasteiger partial charge in [-0.05, 0) is 49.4 Å². The van der Waals surface area contributed by atoms with Crippen LogP contribution in [0, 0.1) is 23.7 Å². The zero-order chi connectivity index (χ0) is 69.6. The van der Waals surface area contributed by atoms with Crippen molar-refractivity contribution in [2.24, 2.45) is 23.7 Å². The molecule has 0 radical (unpaired) electrons. The van der Waals surface area contributed by atoms with Crippen molar-refractivity contribution >= 4 is 39.5 Å². The van der Waals surface area contributed by atoms with E-state index in [1.165, 1.54) is 173 Å². The van der Waals surface area contributed by atoms with Crippen LogP contribution in [0.1, 0.15) is 376 Å². The van der Waals surface area contributed by atoms with Gasteiger partial charge in [0, 0.05) is 25.7 Å². The number of hydrogen-bond donors (Lipinski definition) is 3. The lowest BCUT2D eigenvalue weighted by Crippen LogP contribution is -2.30. The molecule has 0 spiro atoms. The zero-order valence-corrected chi connectivity index (χ0v) is 63.4. The number of hydrogen-bond acceptors (Lipinski definition) is 15. The van der Waals surface area contributed by atoms with Gasteiger partial charge in [-0.15, -0.1) is 0 Å². The molecule has 94 heavy (non-hydrogen) atoms. The van der Waals surface area contributed by atoms with Crippen LogP contribution in [0.5, 0.6) is 0 Å². The number of carbonyl (C=O) groups is 4. The number of esters is 4. The SMILES string of the molecule is CCC(C)CCCCCCCCCCCCCCCCC(=O)O[C@H](COC(=O)CCCCCCCCCCCCC(C)C)COP(=O)(O)OC[C@@H](O)COP(=O)(O)OC[C@@H](COC(=O)CCCCCCCCC(C)C)OC(=O)CCCCCCCCCCCCCC(C)C. The van der Waals surface area contributed by atoms with Crippen molar-refractivity contribution < 1.29 is 80.2 Å². The van der Waals surface area contributed by atoms with Crippen molar-refractivity contribution in [2.75, 3.05) is 39.6 Å². The van der Waals surface area contributed by atoms with Crippen LogP contribution in [0.25, 0.3) is 0 Å². The molecule has 6 atom stereocenters. The lowest BCUT2D eigenvalue weighted by Gasteiger charge is -2.21. The second kappa shape index (κ2) is 64.4. The Morgan fingerprint density at radius 1 is 0.298 bits per heavy atom. The molecular formula is C75H146O17P2. The van der Waals surface area contributed by atoms with Crippen molar-refractivity contribution in [3.63, 3.8) is 0 Å². The lowest BCUT2D eigenvalue weighted by molar-refractivity contribution is -0.161. The summed E-state index contributed by atoms with van der Waals surface area (Å²) in [6.45, 7) is 14.2. The van der Waals surface area contributed by atoms with Crippen LogP contribution < -0.4 is 0 Å². The number of aliphatic hydroxyl groups is 1. The van der Waals surface area contributed by atoms with Gasteiger partial charge in [0.15, 0.2) is 12.2 Å². The Morgan fingerprint density at radius 3 is 0.755 bits per heavy atom. The van der Waals surface area contributed by atoms with Crippen LogP contribution in [0.15, 0.2) is 0 Å². The van der Waals surface area contributed by atoms with Gasteiger partial charge in [0.25, 0.3) is 0 Å². The van der Waals surface area contributed by atoms with E-state index < -0.39 is 97.5 Å². The highest BCUT2D eigenvalue weighted by atomic mass is 31.2. The van der Waals surface area contributed by atoms with Crippen molar-refractivity contribution in [1.29, 1.82) is 0 Å². The minimum Gasteiger partial charge on any atom is -0.462 e. The standard InChI is InChI=1S/C75H146O17P2/c1-9-68(8)54-46-38-29-23-16-12-10-11-13-17-25-31-41-49-57-74(79)91-70(61-85-72(77)55-47-39-30-24-20-19-22-28-36-44-52-66(4)5)63-89-93(81,82)87-59-69(76)60-88-94(83,84)90-64-71(62-86-73(78)56-48-40-34-33-37-45-53-67(6)7)92-75(80)58-50-42-32-26-18-14-15-21-27-35-43-51-65(2)3/h65-71,76H,9-64H2,1-8H3,(H,81,82)(H,83,84)/t68?,69-,70-,71-/m1/s1. The van der Waals surface area contributed by atoms with Crippen molar-refractivity contribution in [3.05, 3.63) is 0 Å². The second-order valence-corrected chi connectivity index (χ2v) is 31.6. The van der Waals surface area contributed by atoms with E-state index in [0.29, 0.717) is 31.6 Å². The average molecular weight is 1380 g/mol. The topological polar surface area (TPSA) is 237 Å². The first kappa shape index (κ1) is 92.1. The fraction of sp³-hybridized carbons (Fsp3) is 0.947. The maximum absolute atomic E-state index is 13.1. The summed E-state index contributed by atoms with van der Waals surface area (Å²) in [7, 11) is -9.91. The predicted molar refractivity (Wildman–Crippen MR) is 381 cm³/mol. The summed E-state index contributed by atoms with van der Waals surface area (Å²) in [5.41, 5.74) is 0. The van der Waals surface area contributed by atoms with E-state index in [-0.39, 0.29) is 25.7 Å². The maximum atomic E-state index is 13.1. The van der Waals surface area contributed by atoms with Gasteiger partial charge >= 0.3 is 39.5 Å². The molecule has 0 aliphatic carbocycles. The zero-order valence-electron chi connectivity index (χ0n) is 61.6. The van der Waals surface area contributed by atoms with Crippen molar-refractivity contribution in [1.82, 2.24) is 0 Å². The molecule has 0 aliphatic rings. The third-order valence-electron chi connectivity index (χ3n) is 17.7. The molecule has 3 N–H and O–H groups in total. The van der Waals surface area contributed by atoms with E-state index in [9.17, 15) is 43.2 Å². The molecule has 0 heterocycles. The van der Waals surface area contributed by atoms with E-state index in [1.54, 1.807) is 0 Å². The van der Waals surface area contributed by atoms with Gasteiger partial charge in [-0.25, -0.2) is 9.13 Å². The van der Waals surface area contributed by atoms with Crippen LogP contribution in [0.4, 0.5) is 0 Å². The Balaban J connectivity index is 5.24. The summed E-state index contributed by atoms with van der Waals surface area (Å²) >= 11 is 0. The summed E-state index contributed by atoms with van der Waals surface area (Å²) < 4.78 is 68.5. The summed E-state index contributed by atoms with van der Waals surface area (Å²) in [6, 6.07) is 0. The molecule has 0 aliphatic heterocycles. The minimum absolute atomic E-state index is 0.105. The fourth-order valence-electron chi connectivity index (χ4n) is 11.3. The van der Waals surface area contributed by atoms with Crippen LogP contribution >= 0.6 is 15.6 Å². The number of carbonyl (C=O) groups excluding carboxylic acids is 4. The highest BCUT2D eigenvalue weighted by Crippen LogP contribution is 2.45. The molecule has 0 bridgehead atoms. The number of unbranched alkanes of at least 4 members (excludes halogenated alkanes) is 37. The molecule has 3 unspecified atom stereocenters. The normalized spacial score (nSPS) is 14.4. The smallest absolute Gasteiger partial charge is 0.462 e. The molecule has 0 amide bonds. The summed E-state index contributed by atoms with van der Waals surface area (Å²) in [4.78, 5) is 72.7. The van der Waals surface area contributed by atoms with E-state index in [4.69, 9.17) is 37.0 Å². The molecule has 0 fully saturated rings. The number of ether oxygens (including phenoxy) is 4. The molecule has 19 heteroatoms. The second-order valence-electron chi connectivity index (χ2n) is 28.7. The molecule has 0 rings (SSSR count). The molecule has 0 aromatic carbocycles. The monoisotopic (exact) mass is 1380 g/mol. The van der Waals surface area contributed by atoms with E-state index in [1.807, 2.05) is 0 Å². The molecule has 0 saturated carbocycles. The van der Waals surface area contributed by atoms with Crippen LogP contribution in [-0.4, -0.2) is 96.7 Å². The highest BCUT2D eigenvalue weighted by molar-refractivity contribution is 7.47. The van der Waals surface area contributed by atoms with Gasteiger partial charge in [-0.3, -0.25) is 37.3 Å². The van der Waals surface area contributed by atoms with Crippen LogP contribution in [-0.2, 0) is 65.4 Å². The van der Waals surface area contributed by atoms with E-state index in [2.05, 4.69) is 55.4 Å². The van der Waals surface area contributed by atoms with Gasteiger partial charge < -0.3 is 33.8 Å². The third-order valence-corrected chi connectivity index (χ3v) is 19.6. The molecule has 0 saturated heterocycles. The van der Waals surface area contributed by atoms with Crippen molar-refractivity contribution in [2.45, 2.75) is 395 Å². The van der Waals surface area contributed by atoms with Crippen molar-refractivity contribution in [3.8, 4) is 0 Å². The Hall–Kier alpha value is -1.94. The number of phosphoric ester groups is 2. The van der Waals surface area contributed by atoms with E-state index in [0.717, 1.165) is 114 Å². The van der Waals surface area contributed by atoms with Crippen LogP contribution in [0.2, 0.25) is 0 Å². The van der Waals surface area contributed by atoms with Gasteiger partial charge in [0.05, 0.1) is 26.4 Å². The molecule has 17 nitrogen and oxygen atoms in total. The lowest BCUT2D eigenvalue weighted by atomic mass is 9.99. The molecule has 0 aromatic rings. The first-order chi connectivity index (χ1) is 45.1. The van der Waals surface area contributed by atoms with Gasteiger partial charge in [0.2, 0.25) is 0 Å². The van der Waals surface area contributed by atoms with Crippen LogP contribution in [0.3, 0.4) is 0 Å². The van der Waals surface area contributed by atoms with Gasteiger partial charge in [-0.2, -0.15) is 0 Å². The highest BCUT2D eigenvalue weighted by Gasteiger charge is 2.30. The summed E-state index contributed by atoms with van der Waals surface area (Å²) in [5, 5.41) is 10.6. The molecule has 0 aromatic heterocycles. The fourth-order valence-corrected chi connectivity index (χ4v) is 12.9. The Labute approximate surface area is 575 Å². The van der Waals surface area contributed by atoms with E-state index >= 15 is 0 Å². The van der Waals surface area contributed by atoms with Gasteiger partial charge in [0.1, 0.15) is 19.3 Å². The first-order valence-corrected chi connectivity index (χ1v) is 41.7. The number of aliphatic hydroxyl groups excluding tert-OH is 1. The molecule has 558 valence electrons. The Morgan fingerprint density at radius 2 is 0.511 bits per heavy atom. The number of phosphoric acid groups is 2. The average Bonchev–Trinajstić information content (AvgIpc) is 1.69.